The number of fused-ring (bicyclic) bond motifs is 1. The third-order valence-electron chi connectivity index (χ3n) is 3.73. The van der Waals surface area contributed by atoms with E-state index < -0.39 is 5.54 Å². The molecule has 0 bridgehead atoms. The summed E-state index contributed by atoms with van der Waals surface area (Å²) in [5, 5.41) is 3.41. The molecule has 110 valence electrons. The third-order valence-corrected chi connectivity index (χ3v) is 3.73. The monoisotopic (exact) mass is 277 g/mol. The van der Waals surface area contributed by atoms with Crippen molar-refractivity contribution in [2.24, 2.45) is 0 Å². The summed E-state index contributed by atoms with van der Waals surface area (Å²) in [6, 6.07) is 6.25. The van der Waals surface area contributed by atoms with Gasteiger partial charge in [0.25, 0.3) is 0 Å². The predicted molar refractivity (Wildman–Crippen MR) is 77.9 cm³/mol. The molecule has 1 aliphatic rings. The first-order valence-electron chi connectivity index (χ1n) is 7.04. The van der Waals surface area contributed by atoms with Crippen LogP contribution < -0.4 is 10.1 Å². The Labute approximate surface area is 120 Å². The lowest BCUT2D eigenvalue weighted by Gasteiger charge is -2.29. The summed E-state index contributed by atoms with van der Waals surface area (Å²) in [6.45, 7) is 6.46. The quantitative estimate of drug-likeness (QED) is 0.863. The Kier molecular flexibility index (Phi) is 4.33. The van der Waals surface area contributed by atoms with Crippen LogP contribution in [0.4, 0.5) is 0 Å². The van der Waals surface area contributed by atoms with Crippen LogP contribution in [0.3, 0.4) is 0 Å². The third kappa shape index (κ3) is 2.96. The summed E-state index contributed by atoms with van der Waals surface area (Å²) >= 11 is 0. The van der Waals surface area contributed by atoms with Crippen molar-refractivity contribution in [2.45, 2.75) is 45.2 Å². The first kappa shape index (κ1) is 14.9. The van der Waals surface area contributed by atoms with Crippen LogP contribution in [0.25, 0.3) is 0 Å². The Morgan fingerprint density at radius 3 is 2.90 bits per heavy atom. The van der Waals surface area contributed by atoms with Crippen molar-refractivity contribution in [1.82, 2.24) is 5.32 Å². The van der Waals surface area contributed by atoms with E-state index in [4.69, 9.17) is 9.47 Å². The molecular weight excluding hydrogens is 254 g/mol. The zero-order valence-corrected chi connectivity index (χ0v) is 12.7. The molecule has 2 rings (SSSR count). The summed E-state index contributed by atoms with van der Waals surface area (Å²) in [4.78, 5) is 11.9. The molecule has 0 aliphatic carbocycles. The van der Waals surface area contributed by atoms with E-state index in [9.17, 15) is 4.79 Å². The van der Waals surface area contributed by atoms with Gasteiger partial charge in [-0.2, -0.15) is 0 Å². The van der Waals surface area contributed by atoms with Gasteiger partial charge in [0.2, 0.25) is 0 Å². The molecule has 1 N–H and O–H groups in total. The molecule has 4 heteroatoms. The Morgan fingerprint density at radius 2 is 2.20 bits per heavy atom. The number of esters is 1. The minimum absolute atomic E-state index is 0.0986. The number of hydrogen-bond donors (Lipinski definition) is 1. The normalized spacial score (nSPS) is 18.7. The van der Waals surface area contributed by atoms with Crippen molar-refractivity contribution >= 4 is 5.97 Å². The molecule has 1 atom stereocenters. The number of ether oxygens (including phenoxy) is 2. The number of nitrogens with one attached hydrogen (secondary N) is 1. The Balaban J connectivity index is 2.30. The van der Waals surface area contributed by atoms with E-state index in [0.717, 1.165) is 29.7 Å². The lowest BCUT2D eigenvalue weighted by molar-refractivity contribution is -0.147. The van der Waals surface area contributed by atoms with E-state index in [1.807, 2.05) is 32.9 Å². The Morgan fingerprint density at radius 1 is 1.45 bits per heavy atom. The summed E-state index contributed by atoms with van der Waals surface area (Å²) in [5.74, 6) is 0.694. The Hall–Kier alpha value is -1.55. The SMILES string of the molecule is COC(=O)C(C)(C)NC1CCCOc2c(C)cccc21. The molecule has 0 amide bonds. The summed E-state index contributed by atoms with van der Waals surface area (Å²) in [7, 11) is 1.42. The number of methoxy groups -OCH3 is 1. The van der Waals surface area contributed by atoms with Crippen molar-refractivity contribution in [3.05, 3.63) is 29.3 Å². The van der Waals surface area contributed by atoms with Gasteiger partial charge in [0.05, 0.1) is 13.7 Å². The molecule has 1 unspecified atom stereocenters. The standard InChI is InChI=1S/C16H23NO3/c1-11-7-5-8-12-13(9-6-10-20-14(11)12)17-16(2,3)15(18)19-4/h5,7-8,13,17H,6,9-10H2,1-4H3. The first-order valence-corrected chi connectivity index (χ1v) is 7.04. The second-order valence-corrected chi connectivity index (χ2v) is 5.80. The lowest BCUT2D eigenvalue weighted by Crippen LogP contribution is -2.49. The molecule has 1 aromatic rings. The van der Waals surface area contributed by atoms with Gasteiger partial charge in [0.1, 0.15) is 11.3 Å². The second-order valence-electron chi connectivity index (χ2n) is 5.80. The molecule has 0 aromatic heterocycles. The summed E-state index contributed by atoms with van der Waals surface area (Å²) in [5.41, 5.74) is 1.54. The summed E-state index contributed by atoms with van der Waals surface area (Å²) in [6.07, 6.45) is 1.90. The van der Waals surface area contributed by atoms with E-state index >= 15 is 0 Å². The van der Waals surface area contributed by atoms with Crippen molar-refractivity contribution in [3.8, 4) is 5.75 Å². The molecule has 1 heterocycles. The van der Waals surface area contributed by atoms with Crippen LogP contribution in [-0.4, -0.2) is 25.2 Å². The topological polar surface area (TPSA) is 47.6 Å². The number of rotatable bonds is 3. The van der Waals surface area contributed by atoms with Gasteiger partial charge in [-0.05, 0) is 39.2 Å². The highest BCUT2D eigenvalue weighted by Crippen LogP contribution is 2.35. The summed E-state index contributed by atoms with van der Waals surface area (Å²) < 4.78 is 10.7. The fourth-order valence-corrected chi connectivity index (χ4v) is 2.66. The zero-order valence-electron chi connectivity index (χ0n) is 12.7. The molecule has 0 radical (unpaired) electrons. The van der Waals surface area contributed by atoms with Gasteiger partial charge in [0.15, 0.2) is 0 Å². The van der Waals surface area contributed by atoms with Gasteiger partial charge >= 0.3 is 5.97 Å². The molecule has 4 nitrogen and oxygen atoms in total. The number of para-hydroxylation sites is 1. The van der Waals surface area contributed by atoms with E-state index in [-0.39, 0.29) is 12.0 Å². The molecule has 1 aromatic carbocycles. The minimum Gasteiger partial charge on any atom is -0.493 e. The molecule has 0 fully saturated rings. The highest BCUT2D eigenvalue weighted by Gasteiger charge is 2.33. The van der Waals surface area contributed by atoms with Crippen molar-refractivity contribution in [2.75, 3.05) is 13.7 Å². The minimum atomic E-state index is -0.717. The lowest BCUT2D eigenvalue weighted by atomic mass is 9.95. The van der Waals surface area contributed by atoms with Gasteiger partial charge < -0.3 is 9.47 Å². The van der Waals surface area contributed by atoms with E-state index in [1.165, 1.54) is 7.11 Å². The van der Waals surface area contributed by atoms with Crippen LogP contribution in [0, 0.1) is 6.92 Å². The van der Waals surface area contributed by atoms with Crippen molar-refractivity contribution in [3.63, 3.8) is 0 Å². The van der Waals surface area contributed by atoms with Crippen LogP contribution in [0.1, 0.15) is 43.9 Å². The second kappa shape index (κ2) is 5.83. The molecule has 1 aliphatic heterocycles. The maximum Gasteiger partial charge on any atom is 0.325 e. The smallest absolute Gasteiger partial charge is 0.325 e. The average Bonchev–Trinajstić information content (AvgIpc) is 2.61. The number of carbonyl (C=O) groups excluding carboxylic acids is 1. The van der Waals surface area contributed by atoms with Crippen molar-refractivity contribution < 1.29 is 14.3 Å². The fraction of sp³-hybridized carbons (Fsp3) is 0.562. The van der Waals surface area contributed by atoms with Gasteiger partial charge in [-0.3, -0.25) is 10.1 Å². The van der Waals surface area contributed by atoms with E-state index in [2.05, 4.69) is 11.4 Å². The first-order chi connectivity index (χ1) is 9.45. The van der Waals surface area contributed by atoms with Gasteiger partial charge in [-0.1, -0.05) is 18.2 Å². The van der Waals surface area contributed by atoms with E-state index in [0.29, 0.717) is 6.61 Å². The molecule has 0 saturated carbocycles. The fourth-order valence-electron chi connectivity index (χ4n) is 2.66. The van der Waals surface area contributed by atoms with E-state index in [1.54, 1.807) is 0 Å². The van der Waals surface area contributed by atoms with Crippen LogP contribution in [0.2, 0.25) is 0 Å². The number of carbonyl (C=O) groups is 1. The molecule has 20 heavy (non-hydrogen) atoms. The average molecular weight is 277 g/mol. The van der Waals surface area contributed by atoms with Crippen molar-refractivity contribution in [1.29, 1.82) is 0 Å². The zero-order chi connectivity index (χ0) is 14.8. The predicted octanol–water partition coefficient (Wildman–Crippen LogP) is 2.75. The maximum absolute atomic E-state index is 11.9. The highest BCUT2D eigenvalue weighted by molar-refractivity contribution is 5.79. The number of benzene rings is 1. The number of aryl methyl sites for hydroxylation is 1. The van der Waals surface area contributed by atoms with Gasteiger partial charge in [-0.25, -0.2) is 0 Å². The van der Waals surface area contributed by atoms with Crippen LogP contribution in [0.15, 0.2) is 18.2 Å². The van der Waals surface area contributed by atoms with Crippen LogP contribution >= 0.6 is 0 Å². The Bertz CT molecular complexity index is 496. The van der Waals surface area contributed by atoms with Crippen LogP contribution in [0.5, 0.6) is 5.75 Å². The highest BCUT2D eigenvalue weighted by atomic mass is 16.5. The maximum atomic E-state index is 11.9. The van der Waals surface area contributed by atoms with Gasteiger partial charge in [-0.15, -0.1) is 0 Å². The number of hydrogen-bond acceptors (Lipinski definition) is 4. The molecule has 0 spiro atoms. The van der Waals surface area contributed by atoms with Crippen LogP contribution in [-0.2, 0) is 9.53 Å². The largest absolute Gasteiger partial charge is 0.493 e. The molecule has 0 saturated heterocycles. The molecular formula is C16H23NO3. The van der Waals surface area contributed by atoms with Gasteiger partial charge in [0, 0.05) is 11.6 Å².